The zero-order valence-electron chi connectivity index (χ0n) is 22.4. The van der Waals surface area contributed by atoms with Gasteiger partial charge in [0.05, 0.1) is 6.33 Å². The number of halogens is 6. The zero-order chi connectivity index (χ0) is 29.6. The van der Waals surface area contributed by atoms with Crippen LogP contribution in [-0.2, 0) is 0 Å². The molecule has 222 valence electrons. The van der Waals surface area contributed by atoms with E-state index in [-0.39, 0.29) is 12.5 Å². The van der Waals surface area contributed by atoms with Gasteiger partial charge in [0.25, 0.3) is 0 Å². The van der Waals surface area contributed by atoms with E-state index in [4.69, 9.17) is 22.4 Å². The van der Waals surface area contributed by atoms with E-state index in [0.29, 0.717) is 28.0 Å². The van der Waals surface area contributed by atoms with E-state index in [1.165, 1.54) is 12.2 Å². The van der Waals surface area contributed by atoms with Gasteiger partial charge in [-0.3, -0.25) is 11.1 Å². The van der Waals surface area contributed by atoms with Crippen LogP contribution in [0.1, 0.15) is 47.0 Å². The number of allylic oxidation sites excluding steroid dienone is 6. The molecule has 13 heteroatoms. The third kappa shape index (κ3) is 26.5. The van der Waals surface area contributed by atoms with Gasteiger partial charge in [0.15, 0.2) is 6.35 Å². The van der Waals surface area contributed by atoms with Crippen LogP contribution in [0.2, 0.25) is 0 Å². The van der Waals surface area contributed by atoms with Crippen molar-refractivity contribution in [2.45, 2.75) is 75.5 Å². The van der Waals surface area contributed by atoms with Crippen molar-refractivity contribution in [3.05, 3.63) is 60.0 Å². The van der Waals surface area contributed by atoms with Gasteiger partial charge in [-0.2, -0.15) is 13.2 Å². The maximum atomic E-state index is 11.9. The van der Waals surface area contributed by atoms with Gasteiger partial charge >= 0.3 is 137 Å². The molecule has 7 nitrogen and oxygen atoms in total. The Hall–Kier alpha value is -1.13. The molecular formula is C25H43ClF4IN5O2. The first-order valence-electron chi connectivity index (χ1n) is 12.0. The normalized spacial score (nSPS) is 16.2. The molecule has 0 bridgehead atoms. The molecule has 38 heavy (non-hydrogen) atoms. The molecule has 0 aromatic rings. The van der Waals surface area contributed by atoms with E-state index >= 15 is 0 Å². The van der Waals surface area contributed by atoms with Crippen molar-refractivity contribution in [2.75, 3.05) is 13.2 Å². The second-order valence-corrected chi connectivity index (χ2v) is 13.4. The molecule has 0 amide bonds. The molecule has 3 unspecified atom stereocenters. The van der Waals surface area contributed by atoms with E-state index < -0.39 is 39.1 Å². The predicted octanol–water partition coefficient (Wildman–Crippen LogP) is 5.53. The van der Waals surface area contributed by atoms with E-state index in [9.17, 15) is 21.0 Å². The number of aliphatic hydroxyl groups is 1. The number of nitrogens with two attached hydrogens (primary N) is 1. The molecule has 7 N–H and O–H groups in total. The molecule has 0 saturated heterocycles. The average molecular weight is 684 g/mol. The van der Waals surface area contributed by atoms with Gasteiger partial charge in [-0.05, 0) is 12.5 Å². The van der Waals surface area contributed by atoms with E-state index in [1.54, 1.807) is 18.4 Å². The fourth-order valence-corrected chi connectivity index (χ4v) is 4.88. The van der Waals surface area contributed by atoms with Crippen LogP contribution in [0, 0.1) is 0 Å². The van der Waals surface area contributed by atoms with Crippen LogP contribution in [0.4, 0.5) is 17.6 Å². The number of alkyl halides is 4. The first-order valence-corrected chi connectivity index (χ1v) is 15.6. The molecule has 0 aliphatic heterocycles. The molecule has 0 fully saturated rings. The third-order valence-corrected chi connectivity index (χ3v) is 8.56. The van der Waals surface area contributed by atoms with Crippen molar-refractivity contribution in [3.63, 3.8) is 0 Å². The van der Waals surface area contributed by atoms with Gasteiger partial charge in [0.1, 0.15) is 0 Å². The van der Waals surface area contributed by atoms with Crippen LogP contribution < -0.4 is 19.9 Å². The van der Waals surface area contributed by atoms with Crippen LogP contribution in [-0.4, -0.2) is 56.5 Å². The third-order valence-electron chi connectivity index (χ3n) is 4.43. The molecule has 0 aliphatic carbocycles. The molecule has 0 heterocycles. The summed E-state index contributed by atoms with van der Waals surface area (Å²) in [5.74, 6) is 0. The second kappa shape index (κ2) is 23.7. The van der Waals surface area contributed by atoms with Crippen LogP contribution in [0.25, 0.3) is 0 Å². The van der Waals surface area contributed by atoms with Gasteiger partial charge in [-0.1, -0.05) is 23.8 Å². The van der Waals surface area contributed by atoms with Crippen molar-refractivity contribution >= 4 is 38.3 Å². The van der Waals surface area contributed by atoms with Gasteiger partial charge in [-0.15, -0.1) is 6.58 Å². The Labute approximate surface area is 237 Å². The monoisotopic (exact) mass is 683 g/mol. The van der Waals surface area contributed by atoms with Crippen LogP contribution in [0.3, 0.4) is 0 Å². The summed E-state index contributed by atoms with van der Waals surface area (Å²) in [6.45, 7) is 12.9. The molecule has 0 aromatic carbocycles. The number of rotatable bonds is 17. The summed E-state index contributed by atoms with van der Waals surface area (Å²) in [6, 6.07) is -0.120. The summed E-state index contributed by atoms with van der Waals surface area (Å²) in [5, 5.41) is 14.7. The minimum atomic E-state index is -4.31. The van der Waals surface area contributed by atoms with Gasteiger partial charge < -0.3 is 5.11 Å². The number of nitrogens with zero attached hydrogens (tertiary/aromatic N) is 1. The van der Waals surface area contributed by atoms with Crippen molar-refractivity contribution in [2.24, 2.45) is 10.7 Å². The Morgan fingerprint density at radius 1 is 1.26 bits per heavy atom. The number of hydrogen-bond donors (Lipinski definition) is 6. The van der Waals surface area contributed by atoms with Crippen LogP contribution in [0.5, 0.6) is 0 Å². The maximum absolute atomic E-state index is 11.9. The molecule has 3 atom stereocenters. The van der Waals surface area contributed by atoms with E-state index in [2.05, 4.69) is 46.5 Å². The van der Waals surface area contributed by atoms with Crippen molar-refractivity contribution in [1.82, 2.24) is 14.2 Å². The fourth-order valence-electron chi connectivity index (χ4n) is 2.40. The summed E-state index contributed by atoms with van der Waals surface area (Å²) < 4.78 is 60.7. The van der Waals surface area contributed by atoms with Gasteiger partial charge in [-0.25, -0.2) is 4.39 Å². The summed E-state index contributed by atoms with van der Waals surface area (Å²) in [6.07, 6.45) is 5.65. The predicted molar refractivity (Wildman–Crippen MR) is 160 cm³/mol. The number of aliphatic imine (C=N–C) groups is 1. The van der Waals surface area contributed by atoms with Crippen LogP contribution in [0.15, 0.2) is 65.0 Å². The Morgan fingerprint density at radius 2 is 1.92 bits per heavy atom. The zero-order valence-corrected chi connectivity index (χ0v) is 25.3. The number of aliphatic hydroxyl groups excluding tert-OH is 1. The standard InChI is InChI=1S/C17H30ClFIN3O.C8H13F3N2O/c1-5-17(23-20(24)14(2)3)9-11-21-13-22-12-15(4)6-7-16(18)8-10-19;1-2-6(13-7(12)14)4-3-5-8(9,10)11/h6-8,10,12,14,17,21,23-24H,5,9,11,13H2,1-4H3;2-3,5-7,13-14H,1,4,12H2/b10-8+,15-6+,16-7+,22-12+;5-3+. The number of hydrogen-bond acceptors (Lipinski definition) is 7. The fraction of sp³-hybridized carbons (Fsp3) is 0.560. The van der Waals surface area contributed by atoms with Gasteiger partial charge in [0, 0.05) is 12.1 Å². The van der Waals surface area contributed by atoms with Crippen molar-refractivity contribution in [3.8, 4) is 0 Å². The summed E-state index contributed by atoms with van der Waals surface area (Å²) >= 11 is 3.76. The minimum absolute atomic E-state index is 0.0667. The van der Waals surface area contributed by atoms with Crippen molar-refractivity contribution < 1.29 is 26.1 Å². The average Bonchev–Trinajstić information content (AvgIpc) is 2.82. The quantitative estimate of drug-likeness (QED) is 0.0139. The first kappa shape index (κ1) is 39.0. The van der Waals surface area contributed by atoms with E-state index in [1.807, 2.05) is 6.92 Å². The number of nitrogens with one attached hydrogen (secondary N) is 3. The molecule has 0 saturated carbocycles. The Balaban J connectivity index is 0. The second-order valence-electron chi connectivity index (χ2n) is 8.17. The summed E-state index contributed by atoms with van der Waals surface area (Å²) in [5.41, 5.74) is 5.91. The Morgan fingerprint density at radius 3 is 2.42 bits per heavy atom. The molecular weight excluding hydrogens is 641 g/mol. The SMILES string of the molecule is C=CC(C/C=C/C(F)(F)F)NC(N)O.CCC(CCNC/N=C/C(C)=C/C=C(Cl)\C=C\F)NI(O)C(C)C. The molecule has 0 aromatic heterocycles. The van der Waals surface area contributed by atoms with E-state index in [0.717, 1.165) is 31.0 Å². The summed E-state index contributed by atoms with van der Waals surface area (Å²) in [4.78, 5) is 4.28. The van der Waals surface area contributed by atoms with Crippen molar-refractivity contribution in [1.29, 1.82) is 0 Å². The molecule has 0 rings (SSSR count). The Kier molecular flexibility index (Phi) is 24.4. The summed E-state index contributed by atoms with van der Waals surface area (Å²) in [7, 11) is 0. The topological polar surface area (TPSA) is 115 Å². The first-order chi connectivity index (χ1) is 17.7. The Bertz CT molecular complexity index is 775. The van der Waals surface area contributed by atoms with Gasteiger partial charge in [0.2, 0.25) is 0 Å². The molecule has 0 radical (unpaired) electrons. The van der Waals surface area contributed by atoms with Crippen LogP contribution >= 0.6 is 32.1 Å². The molecule has 0 spiro atoms. The molecule has 0 aliphatic rings.